The minimum atomic E-state index is -0.636. The fraction of sp³-hybridized carbons (Fsp3) is 0. The molecule has 1 amide bonds. The van der Waals surface area contributed by atoms with Crippen LogP contribution in [0.25, 0.3) is 10.9 Å². The Hall–Kier alpha value is -2.14. The Kier molecular flexibility index (Phi) is 2.23. The van der Waals surface area contributed by atoms with Crippen LogP contribution in [-0.2, 0) is 0 Å². The maximum Gasteiger partial charge on any atom is 0.275 e. The van der Waals surface area contributed by atoms with Crippen molar-refractivity contribution in [3.8, 4) is 0 Å². The molecule has 0 atom stereocenters. The molecule has 2 aromatic rings. The van der Waals surface area contributed by atoms with E-state index in [1.54, 1.807) is 17.6 Å². The smallest absolute Gasteiger partial charge is 0.275 e. The lowest BCUT2D eigenvalue weighted by Gasteiger charge is -2.01. The molecule has 0 saturated heterocycles. The fourth-order valence-corrected chi connectivity index (χ4v) is 1.55. The average Bonchev–Trinajstić information content (AvgIpc) is 2.70. The Balaban J connectivity index is 2.77. The standard InChI is InChI=1S/C10H8N2O3/c13-5-6-4-11-8-3-1-2-7(9(6)8)10(14)12-15/h1-5,11,15H,(H,12,14). The molecular formula is C10H8N2O3. The SMILES string of the molecule is O=Cc1c[nH]c2cccc(C(=O)NO)c12. The van der Waals surface area contributed by atoms with E-state index in [1.807, 2.05) is 0 Å². The van der Waals surface area contributed by atoms with Crippen LogP contribution < -0.4 is 5.48 Å². The summed E-state index contributed by atoms with van der Waals surface area (Å²) in [6.45, 7) is 0. The van der Waals surface area contributed by atoms with Gasteiger partial charge in [0.25, 0.3) is 5.91 Å². The van der Waals surface area contributed by atoms with Crippen LogP contribution >= 0.6 is 0 Å². The summed E-state index contributed by atoms with van der Waals surface area (Å²) in [5.74, 6) is -0.636. The lowest BCUT2D eigenvalue weighted by Crippen LogP contribution is -2.18. The second-order valence-electron chi connectivity index (χ2n) is 3.03. The average molecular weight is 204 g/mol. The van der Waals surface area contributed by atoms with Gasteiger partial charge in [0.1, 0.15) is 0 Å². The summed E-state index contributed by atoms with van der Waals surface area (Å²) in [6, 6.07) is 4.95. The van der Waals surface area contributed by atoms with E-state index in [-0.39, 0.29) is 5.56 Å². The van der Waals surface area contributed by atoms with Gasteiger partial charge < -0.3 is 4.98 Å². The van der Waals surface area contributed by atoms with Gasteiger partial charge in [-0.1, -0.05) is 6.07 Å². The van der Waals surface area contributed by atoms with E-state index in [2.05, 4.69) is 4.98 Å². The molecule has 76 valence electrons. The van der Waals surface area contributed by atoms with Gasteiger partial charge in [-0.25, -0.2) is 5.48 Å². The Morgan fingerprint density at radius 1 is 1.47 bits per heavy atom. The molecule has 1 aromatic carbocycles. The molecule has 0 aliphatic heterocycles. The number of aromatic nitrogens is 1. The zero-order valence-corrected chi connectivity index (χ0v) is 7.65. The van der Waals surface area contributed by atoms with Crippen molar-refractivity contribution in [1.29, 1.82) is 0 Å². The lowest BCUT2D eigenvalue weighted by atomic mass is 10.1. The third kappa shape index (κ3) is 1.38. The first-order valence-corrected chi connectivity index (χ1v) is 4.27. The maximum absolute atomic E-state index is 11.3. The number of hydroxylamine groups is 1. The van der Waals surface area contributed by atoms with Crippen molar-refractivity contribution in [2.45, 2.75) is 0 Å². The molecule has 0 bridgehead atoms. The number of aldehydes is 1. The summed E-state index contributed by atoms with van der Waals surface area (Å²) in [5.41, 5.74) is 2.88. The molecule has 15 heavy (non-hydrogen) atoms. The van der Waals surface area contributed by atoms with E-state index in [4.69, 9.17) is 5.21 Å². The van der Waals surface area contributed by atoms with Crippen molar-refractivity contribution in [1.82, 2.24) is 10.5 Å². The molecule has 1 aromatic heterocycles. The molecule has 5 heteroatoms. The summed E-state index contributed by atoms with van der Waals surface area (Å²) in [6.07, 6.45) is 2.18. The van der Waals surface area contributed by atoms with Crippen LogP contribution in [0.1, 0.15) is 20.7 Å². The molecule has 1 heterocycles. The van der Waals surface area contributed by atoms with Crippen LogP contribution in [0.15, 0.2) is 24.4 Å². The topological polar surface area (TPSA) is 82.2 Å². The number of carbonyl (C=O) groups excluding carboxylic acids is 2. The Bertz CT molecular complexity index is 530. The molecule has 0 saturated carbocycles. The zero-order chi connectivity index (χ0) is 10.8. The van der Waals surface area contributed by atoms with Crippen LogP contribution in [-0.4, -0.2) is 22.4 Å². The minimum Gasteiger partial charge on any atom is -0.360 e. The van der Waals surface area contributed by atoms with Gasteiger partial charge in [0, 0.05) is 22.7 Å². The van der Waals surface area contributed by atoms with Crippen molar-refractivity contribution in [3.05, 3.63) is 35.5 Å². The van der Waals surface area contributed by atoms with Crippen LogP contribution in [0.3, 0.4) is 0 Å². The first-order valence-electron chi connectivity index (χ1n) is 4.27. The summed E-state index contributed by atoms with van der Waals surface area (Å²) >= 11 is 0. The van der Waals surface area contributed by atoms with Gasteiger partial charge in [-0.05, 0) is 12.1 Å². The molecule has 3 N–H and O–H groups in total. The Morgan fingerprint density at radius 3 is 2.93 bits per heavy atom. The number of hydrogen-bond acceptors (Lipinski definition) is 3. The number of rotatable bonds is 2. The second-order valence-corrected chi connectivity index (χ2v) is 3.03. The summed E-state index contributed by atoms with van der Waals surface area (Å²) in [7, 11) is 0. The van der Waals surface area contributed by atoms with Crippen LogP contribution in [0.4, 0.5) is 0 Å². The molecule has 2 rings (SSSR count). The van der Waals surface area contributed by atoms with E-state index >= 15 is 0 Å². The predicted molar refractivity (Wildman–Crippen MR) is 52.9 cm³/mol. The highest BCUT2D eigenvalue weighted by Gasteiger charge is 2.13. The Labute approximate surface area is 84.7 Å². The van der Waals surface area contributed by atoms with Crippen LogP contribution in [0.2, 0.25) is 0 Å². The predicted octanol–water partition coefficient (Wildman–Crippen LogP) is 1.10. The minimum absolute atomic E-state index is 0.262. The third-order valence-corrected chi connectivity index (χ3v) is 2.21. The zero-order valence-electron chi connectivity index (χ0n) is 7.65. The number of nitrogens with one attached hydrogen (secondary N) is 2. The number of H-pyrrole nitrogens is 1. The van der Waals surface area contributed by atoms with Crippen LogP contribution in [0.5, 0.6) is 0 Å². The first-order chi connectivity index (χ1) is 7.27. The quantitative estimate of drug-likeness (QED) is 0.389. The van der Waals surface area contributed by atoms with Crippen LogP contribution in [0, 0.1) is 0 Å². The van der Waals surface area contributed by atoms with E-state index in [0.717, 1.165) is 0 Å². The number of fused-ring (bicyclic) bond motifs is 1. The van der Waals surface area contributed by atoms with Gasteiger partial charge >= 0.3 is 0 Å². The Morgan fingerprint density at radius 2 is 2.27 bits per heavy atom. The molecular weight excluding hydrogens is 196 g/mol. The number of carbonyl (C=O) groups is 2. The highest BCUT2D eigenvalue weighted by molar-refractivity contribution is 6.11. The molecule has 0 radical (unpaired) electrons. The van der Waals surface area contributed by atoms with E-state index in [1.165, 1.54) is 12.3 Å². The number of hydrogen-bond donors (Lipinski definition) is 3. The summed E-state index contributed by atoms with van der Waals surface area (Å²) in [5, 5.41) is 9.06. The molecule has 0 fully saturated rings. The van der Waals surface area contributed by atoms with Gasteiger partial charge in [-0.2, -0.15) is 0 Å². The molecule has 0 unspecified atom stereocenters. The molecule has 0 aliphatic rings. The summed E-state index contributed by atoms with van der Waals surface area (Å²) < 4.78 is 0. The highest BCUT2D eigenvalue weighted by Crippen LogP contribution is 2.21. The van der Waals surface area contributed by atoms with Gasteiger partial charge in [0.05, 0.1) is 5.56 Å². The van der Waals surface area contributed by atoms with Crippen molar-refractivity contribution in [2.24, 2.45) is 0 Å². The van der Waals surface area contributed by atoms with Crippen molar-refractivity contribution < 1.29 is 14.8 Å². The highest BCUT2D eigenvalue weighted by atomic mass is 16.5. The monoisotopic (exact) mass is 204 g/mol. The van der Waals surface area contributed by atoms with E-state index < -0.39 is 5.91 Å². The molecule has 5 nitrogen and oxygen atoms in total. The van der Waals surface area contributed by atoms with Crippen molar-refractivity contribution in [3.63, 3.8) is 0 Å². The number of amides is 1. The first kappa shape index (κ1) is 9.42. The number of aromatic amines is 1. The van der Waals surface area contributed by atoms with Gasteiger partial charge in [0.2, 0.25) is 0 Å². The van der Waals surface area contributed by atoms with E-state index in [0.29, 0.717) is 22.8 Å². The van der Waals surface area contributed by atoms with Crippen molar-refractivity contribution >= 4 is 23.1 Å². The maximum atomic E-state index is 11.3. The van der Waals surface area contributed by atoms with Crippen molar-refractivity contribution in [2.75, 3.05) is 0 Å². The fourth-order valence-electron chi connectivity index (χ4n) is 1.55. The lowest BCUT2D eigenvalue weighted by molar-refractivity contribution is 0.0708. The second kappa shape index (κ2) is 3.55. The largest absolute Gasteiger partial charge is 0.360 e. The normalized spacial score (nSPS) is 10.2. The third-order valence-electron chi connectivity index (χ3n) is 2.21. The summed E-state index contributed by atoms with van der Waals surface area (Å²) in [4.78, 5) is 24.9. The number of benzene rings is 1. The molecule has 0 spiro atoms. The van der Waals surface area contributed by atoms with Gasteiger partial charge in [0.15, 0.2) is 6.29 Å². The van der Waals surface area contributed by atoms with Gasteiger partial charge in [-0.3, -0.25) is 14.8 Å². The molecule has 0 aliphatic carbocycles. The van der Waals surface area contributed by atoms with Gasteiger partial charge in [-0.15, -0.1) is 0 Å². The van der Waals surface area contributed by atoms with E-state index in [9.17, 15) is 9.59 Å².